The average Bonchev–Trinajstić information content (AvgIpc) is 2.75. The predicted octanol–water partition coefficient (Wildman–Crippen LogP) is 3.72. The number of carbonyl (C=O) groups is 2. The Bertz CT molecular complexity index is 616. The Morgan fingerprint density at radius 3 is 2.42 bits per heavy atom. The summed E-state index contributed by atoms with van der Waals surface area (Å²) >= 11 is 0. The van der Waals surface area contributed by atoms with Crippen molar-refractivity contribution in [1.29, 1.82) is 0 Å². The van der Waals surface area contributed by atoms with Gasteiger partial charge < -0.3 is 9.47 Å². The molecular weight excluding hydrogens is 304 g/mol. The zero-order valence-corrected chi connectivity index (χ0v) is 15.8. The van der Waals surface area contributed by atoms with Gasteiger partial charge in [0.05, 0.1) is 11.3 Å². The molecule has 1 aliphatic heterocycles. The van der Waals surface area contributed by atoms with E-state index in [1.807, 2.05) is 6.92 Å². The number of carbonyl (C=O) groups excluding carboxylic acids is 2. The third-order valence-corrected chi connectivity index (χ3v) is 7.32. The highest BCUT2D eigenvalue weighted by Gasteiger charge is 2.73. The van der Waals surface area contributed by atoms with Crippen LogP contribution in [-0.4, -0.2) is 23.6 Å². The number of hydrogen-bond donors (Lipinski definition) is 0. The molecule has 4 fully saturated rings. The normalized spacial score (nSPS) is 47.7. The van der Waals surface area contributed by atoms with Crippen molar-refractivity contribution < 1.29 is 19.1 Å². The van der Waals surface area contributed by atoms with Gasteiger partial charge in [0.1, 0.15) is 11.7 Å². The lowest BCUT2D eigenvalue weighted by Gasteiger charge is -2.36. The molecule has 134 valence electrons. The van der Waals surface area contributed by atoms with Crippen LogP contribution >= 0.6 is 0 Å². The summed E-state index contributed by atoms with van der Waals surface area (Å²) in [5.41, 5.74) is -0.908. The summed E-state index contributed by atoms with van der Waals surface area (Å²) in [5.74, 6) is 0.406. The van der Waals surface area contributed by atoms with E-state index >= 15 is 0 Å². The average molecular weight is 334 g/mol. The van der Waals surface area contributed by atoms with Crippen molar-refractivity contribution >= 4 is 11.9 Å². The number of ether oxygens (including phenoxy) is 2. The van der Waals surface area contributed by atoms with E-state index in [0.717, 1.165) is 25.7 Å². The second-order valence-electron chi connectivity index (χ2n) is 10.8. The van der Waals surface area contributed by atoms with Crippen LogP contribution in [-0.2, 0) is 19.1 Å². The first-order chi connectivity index (χ1) is 10.9. The van der Waals surface area contributed by atoms with E-state index in [-0.39, 0.29) is 52.0 Å². The third kappa shape index (κ3) is 1.97. The molecule has 0 spiro atoms. The van der Waals surface area contributed by atoms with Crippen LogP contribution in [0.1, 0.15) is 67.2 Å². The molecule has 6 atom stereocenters. The molecule has 0 aromatic rings. The smallest absolute Gasteiger partial charge is 0.313 e. The van der Waals surface area contributed by atoms with Crippen LogP contribution in [0.15, 0.2) is 0 Å². The highest BCUT2D eigenvalue weighted by Crippen LogP contribution is 2.69. The second-order valence-corrected chi connectivity index (χ2v) is 10.8. The van der Waals surface area contributed by atoms with Crippen molar-refractivity contribution in [2.24, 2.45) is 34.0 Å². The molecule has 24 heavy (non-hydrogen) atoms. The van der Waals surface area contributed by atoms with Gasteiger partial charge in [-0.1, -0.05) is 34.6 Å². The Balaban J connectivity index is 1.56. The molecule has 0 amide bonds. The molecular formula is C20H30O4. The first-order valence-electron chi connectivity index (χ1n) is 9.34. The van der Waals surface area contributed by atoms with Crippen molar-refractivity contribution in [2.75, 3.05) is 0 Å². The van der Waals surface area contributed by atoms with E-state index in [1.54, 1.807) is 0 Å². The van der Waals surface area contributed by atoms with Gasteiger partial charge in [-0.05, 0) is 43.4 Å². The highest BCUT2D eigenvalue weighted by molar-refractivity contribution is 5.83. The quantitative estimate of drug-likeness (QED) is 0.738. The molecule has 4 nitrogen and oxygen atoms in total. The van der Waals surface area contributed by atoms with Gasteiger partial charge in [-0.15, -0.1) is 0 Å². The van der Waals surface area contributed by atoms with Gasteiger partial charge in [0.2, 0.25) is 0 Å². The van der Waals surface area contributed by atoms with Crippen LogP contribution < -0.4 is 0 Å². The van der Waals surface area contributed by atoms with Crippen molar-refractivity contribution in [3.8, 4) is 0 Å². The monoisotopic (exact) mass is 334 g/mol. The fourth-order valence-corrected chi connectivity index (χ4v) is 6.10. The van der Waals surface area contributed by atoms with Gasteiger partial charge in [0.25, 0.3) is 0 Å². The van der Waals surface area contributed by atoms with Crippen molar-refractivity contribution in [3.63, 3.8) is 0 Å². The maximum atomic E-state index is 13.2. The summed E-state index contributed by atoms with van der Waals surface area (Å²) in [6.45, 7) is 12.8. The van der Waals surface area contributed by atoms with Crippen LogP contribution in [0.3, 0.4) is 0 Å². The van der Waals surface area contributed by atoms with Crippen LogP contribution in [0.2, 0.25) is 0 Å². The fourth-order valence-electron chi connectivity index (χ4n) is 6.10. The number of fused-ring (bicyclic) bond motifs is 1. The Labute approximate surface area is 144 Å². The lowest BCUT2D eigenvalue weighted by Crippen LogP contribution is -2.47. The van der Waals surface area contributed by atoms with Gasteiger partial charge >= 0.3 is 11.9 Å². The molecule has 0 aromatic carbocycles. The minimum absolute atomic E-state index is 0.00915. The summed E-state index contributed by atoms with van der Waals surface area (Å²) in [6.07, 6.45) is 3.25. The summed E-state index contributed by atoms with van der Waals surface area (Å²) in [5, 5.41) is 0. The summed E-state index contributed by atoms with van der Waals surface area (Å²) in [7, 11) is 0. The molecule has 4 rings (SSSR count). The van der Waals surface area contributed by atoms with Gasteiger partial charge in [0, 0.05) is 11.8 Å². The van der Waals surface area contributed by atoms with E-state index in [0.29, 0.717) is 0 Å². The molecule has 3 aliphatic carbocycles. The van der Waals surface area contributed by atoms with E-state index in [9.17, 15) is 9.59 Å². The molecule has 4 aliphatic rings. The van der Waals surface area contributed by atoms with E-state index in [2.05, 4.69) is 34.6 Å². The minimum Gasteiger partial charge on any atom is -0.457 e. The SMILES string of the molecule is CC(C)(C)CC1(C(=O)OC2C3CC4C(=O)OC2(C)C4C3)CC1(C)C. The minimum atomic E-state index is -0.595. The van der Waals surface area contributed by atoms with Crippen LogP contribution in [0.5, 0.6) is 0 Å². The van der Waals surface area contributed by atoms with Crippen LogP contribution in [0.4, 0.5) is 0 Å². The zero-order chi connectivity index (χ0) is 17.7. The maximum absolute atomic E-state index is 13.2. The Hall–Kier alpha value is -1.06. The summed E-state index contributed by atoms with van der Waals surface area (Å²) in [6, 6.07) is 0. The first-order valence-corrected chi connectivity index (χ1v) is 9.34. The van der Waals surface area contributed by atoms with Gasteiger partial charge in [-0.3, -0.25) is 9.59 Å². The van der Waals surface area contributed by atoms with Gasteiger partial charge in [-0.25, -0.2) is 0 Å². The molecule has 6 unspecified atom stereocenters. The zero-order valence-electron chi connectivity index (χ0n) is 15.8. The molecule has 4 heteroatoms. The van der Waals surface area contributed by atoms with Crippen molar-refractivity contribution in [2.45, 2.75) is 78.9 Å². The van der Waals surface area contributed by atoms with Crippen molar-refractivity contribution in [3.05, 3.63) is 0 Å². The summed E-state index contributed by atoms with van der Waals surface area (Å²) < 4.78 is 11.8. The lowest BCUT2D eigenvalue weighted by atomic mass is 9.78. The molecule has 0 aromatic heterocycles. The number of esters is 2. The van der Waals surface area contributed by atoms with Crippen molar-refractivity contribution in [1.82, 2.24) is 0 Å². The molecule has 1 saturated heterocycles. The Morgan fingerprint density at radius 2 is 1.88 bits per heavy atom. The molecule has 1 heterocycles. The highest BCUT2D eigenvalue weighted by atomic mass is 16.6. The van der Waals surface area contributed by atoms with Crippen LogP contribution in [0.25, 0.3) is 0 Å². The standard InChI is InChI=1S/C20H30O4/c1-17(2,3)9-20(10-18(20,4)5)16(22)23-14-11-7-12-13(8-11)19(14,6)24-15(12)21/h11-14H,7-10H2,1-6H3. The Morgan fingerprint density at radius 1 is 1.25 bits per heavy atom. The Kier molecular flexibility index (Phi) is 2.99. The summed E-state index contributed by atoms with van der Waals surface area (Å²) in [4.78, 5) is 25.3. The van der Waals surface area contributed by atoms with E-state index in [1.165, 1.54) is 0 Å². The number of hydrogen-bond acceptors (Lipinski definition) is 4. The third-order valence-electron chi connectivity index (χ3n) is 7.32. The topological polar surface area (TPSA) is 52.6 Å². The van der Waals surface area contributed by atoms with E-state index < -0.39 is 5.60 Å². The fraction of sp³-hybridized carbons (Fsp3) is 0.900. The van der Waals surface area contributed by atoms with E-state index in [4.69, 9.17) is 9.47 Å². The first kappa shape index (κ1) is 16.4. The molecule has 0 radical (unpaired) electrons. The van der Waals surface area contributed by atoms with Crippen LogP contribution in [0, 0.1) is 34.0 Å². The predicted molar refractivity (Wildman–Crippen MR) is 89.0 cm³/mol. The molecule has 0 N–H and O–H groups in total. The largest absolute Gasteiger partial charge is 0.457 e. The lowest BCUT2D eigenvalue weighted by molar-refractivity contribution is -0.181. The molecule has 2 bridgehead atoms. The maximum Gasteiger partial charge on any atom is 0.313 e. The molecule has 3 saturated carbocycles. The van der Waals surface area contributed by atoms with Gasteiger partial charge in [-0.2, -0.15) is 0 Å². The second kappa shape index (κ2) is 4.37. The number of rotatable bonds is 3. The van der Waals surface area contributed by atoms with Gasteiger partial charge in [0.15, 0.2) is 0 Å².